The zero-order chi connectivity index (χ0) is 9.68. The maximum absolute atomic E-state index is 11.1. The Morgan fingerprint density at radius 2 is 2.46 bits per heavy atom. The smallest absolute Gasteiger partial charge is 0.239 e. The Morgan fingerprint density at radius 1 is 1.69 bits per heavy atom. The van der Waals surface area contributed by atoms with E-state index in [1.54, 1.807) is 0 Å². The third kappa shape index (κ3) is 3.75. The van der Waals surface area contributed by atoms with Crippen LogP contribution in [-0.2, 0) is 4.79 Å². The van der Waals surface area contributed by atoms with Gasteiger partial charge in [-0.1, -0.05) is 0 Å². The highest BCUT2D eigenvalue weighted by atomic mass is 16.2. The second-order valence-corrected chi connectivity index (χ2v) is 3.02. The van der Waals surface area contributed by atoms with Crippen molar-refractivity contribution in [1.29, 1.82) is 5.41 Å². The molecule has 0 unspecified atom stereocenters. The lowest BCUT2D eigenvalue weighted by atomic mass is 10.2. The van der Waals surface area contributed by atoms with Gasteiger partial charge in [0.25, 0.3) is 0 Å². The highest BCUT2D eigenvalue weighted by Crippen LogP contribution is 1.95. The van der Waals surface area contributed by atoms with E-state index in [9.17, 15) is 4.79 Å². The van der Waals surface area contributed by atoms with Crippen molar-refractivity contribution in [2.75, 3.05) is 19.6 Å². The van der Waals surface area contributed by atoms with E-state index >= 15 is 0 Å². The number of guanidine groups is 1. The molecule has 0 spiro atoms. The molecular weight excluding hydrogens is 170 g/mol. The van der Waals surface area contributed by atoms with Crippen LogP contribution >= 0.6 is 0 Å². The number of rotatable bonds is 3. The molecule has 1 atom stereocenters. The molecule has 13 heavy (non-hydrogen) atoms. The van der Waals surface area contributed by atoms with E-state index in [1.165, 1.54) is 0 Å². The van der Waals surface area contributed by atoms with Crippen molar-refractivity contribution in [3.8, 4) is 0 Å². The summed E-state index contributed by atoms with van der Waals surface area (Å²) in [6.45, 7) is 1.85. The van der Waals surface area contributed by atoms with Crippen molar-refractivity contribution in [3.63, 3.8) is 0 Å². The van der Waals surface area contributed by atoms with Crippen LogP contribution in [0.3, 0.4) is 0 Å². The molecule has 0 aromatic carbocycles. The van der Waals surface area contributed by atoms with Gasteiger partial charge in [0, 0.05) is 12.6 Å². The molecule has 6 heteroatoms. The summed E-state index contributed by atoms with van der Waals surface area (Å²) < 4.78 is 0. The standard InChI is InChI=1S/C7H15N5O/c8-7(9)11-4-6(13)12-5-1-2-10-3-5/h5,10H,1-4H2,(H,12,13)(H4,8,9,11)/t5-/m0/s1. The minimum Gasteiger partial charge on any atom is -0.370 e. The molecule has 1 saturated heterocycles. The summed E-state index contributed by atoms with van der Waals surface area (Å²) in [5.74, 6) is -0.302. The van der Waals surface area contributed by atoms with Crippen LogP contribution in [0.1, 0.15) is 6.42 Å². The van der Waals surface area contributed by atoms with Crippen LogP contribution in [0.5, 0.6) is 0 Å². The van der Waals surface area contributed by atoms with Gasteiger partial charge in [-0.3, -0.25) is 10.2 Å². The lowest BCUT2D eigenvalue weighted by Gasteiger charge is -2.11. The Balaban J connectivity index is 2.13. The molecular formula is C7H15N5O. The van der Waals surface area contributed by atoms with Gasteiger partial charge >= 0.3 is 0 Å². The summed E-state index contributed by atoms with van der Waals surface area (Å²) in [5.41, 5.74) is 5.03. The van der Waals surface area contributed by atoms with Gasteiger partial charge in [-0.25, -0.2) is 0 Å². The van der Waals surface area contributed by atoms with Crippen molar-refractivity contribution in [1.82, 2.24) is 16.0 Å². The quantitative estimate of drug-likeness (QED) is 0.258. The zero-order valence-electron chi connectivity index (χ0n) is 7.39. The highest BCUT2D eigenvalue weighted by Gasteiger charge is 2.15. The minimum absolute atomic E-state index is 0.0752. The summed E-state index contributed by atoms with van der Waals surface area (Å²) in [7, 11) is 0. The minimum atomic E-state index is -0.181. The molecule has 1 aliphatic rings. The average Bonchev–Trinajstić information content (AvgIpc) is 2.53. The normalized spacial score (nSPS) is 21.1. The Kier molecular flexibility index (Phi) is 3.51. The van der Waals surface area contributed by atoms with Crippen molar-refractivity contribution < 1.29 is 4.79 Å². The van der Waals surface area contributed by atoms with Crippen molar-refractivity contribution in [2.45, 2.75) is 12.5 Å². The van der Waals surface area contributed by atoms with Gasteiger partial charge in [0.15, 0.2) is 5.96 Å². The average molecular weight is 185 g/mol. The molecule has 0 radical (unpaired) electrons. The Bertz CT molecular complexity index is 199. The van der Waals surface area contributed by atoms with Crippen LogP contribution < -0.4 is 21.7 Å². The largest absolute Gasteiger partial charge is 0.370 e. The summed E-state index contributed by atoms with van der Waals surface area (Å²) in [5, 5.41) is 15.3. The number of nitrogens with one attached hydrogen (secondary N) is 4. The first-order valence-corrected chi connectivity index (χ1v) is 4.26. The monoisotopic (exact) mass is 185 g/mol. The van der Waals surface area contributed by atoms with Gasteiger partial charge in [-0.2, -0.15) is 0 Å². The second-order valence-electron chi connectivity index (χ2n) is 3.02. The van der Waals surface area contributed by atoms with E-state index in [4.69, 9.17) is 11.1 Å². The van der Waals surface area contributed by atoms with Gasteiger partial charge in [0.05, 0.1) is 6.54 Å². The van der Waals surface area contributed by atoms with Gasteiger partial charge in [-0.15, -0.1) is 0 Å². The Labute approximate surface area is 76.8 Å². The second kappa shape index (κ2) is 4.66. The van der Waals surface area contributed by atoms with Gasteiger partial charge in [0.1, 0.15) is 0 Å². The highest BCUT2D eigenvalue weighted by molar-refractivity contribution is 5.84. The summed E-state index contributed by atoms with van der Waals surface area (Å²) in [6, 6.07) is 0.223. The van der Waals surface area contributed by atoms with Crippen LogP contribution in [-0.4, -0.2) is 37.5 Å². The molecule has 6 N–H and O–H groups in total. The van der Waals surface area contributed by atoms with E-state index in [2.05, 4.69) is 16.0 Å². The van der Waals surface area contributed by atoms with Crippen LogP contribution in [0.2, 0.25) is 0 Å². The summed E-state index contributed by atoms with van der Waals surface area (Å²) in [4.78, 5) is 11.1. The number of hydrogen-bond donors (Lipinski definition) is 5. The molecule has 1 rings (SSSR count). The Hall–Kier alpha value is -1.30. The van der Waals surface area contributed by atoms with E-state index in [-0.39, 0.29) is 24.5 Å². The molecule has 6 nitrogen and oxygen atoms in total. The fraction of sp³-hybridized carbons (Fsp3) is 0.714. The maximum Gasteiger partial charge on any atom is 0.239 e. The third-order valence-corrected chi connectivity index (χ3v) is 1.86. The first kappa shape index (κ1) is 9.79. The predicted octanol–water partition coefficient (Wildman–Crippen LogP) is -2.05. The van der Waals surface area contributed by atoms with Gasteiger partial charge in [-0.05, 0) is 13.0 Å². The topological polar surface area (TPSA) is 103 Å². The van der Waals surface area contributed by atoms with E-state index in [1.807, 2.05) is 0 Å². The first-order valence-electron chi connectivity index (χ1n) is 4.26. The maximum atomic E-state index is 11.1. The molecule has 1 fully saturated rings. The number of carbonyl (C=O) groups excluding carboxylic acids is 1. The van der Waals surface area contributed by atoms with Crippen molar-refractivity contribution in [3.05, 3.63) is 0 Å². The first-order chi connectivity index (χ1) is 6.18. The third-order valence-electron chi connectivity index (χ3n) is 1.86. The van der Waals surface area contributed by atoms with Crippen LogP contribution in [0.4, 0.5) is 0 Å². The van der Waals surface area contributed by atoms with Crippen LogP contribution in [0.25, 0.3) is 0 Å². The van der Waals surface area contributed by atoms with Crippen molar-refractivity contribution >= 4 is 11.9 Å². The molecule has 0 aromatic heterocycles. The number of carbonyl (C=O) groups is 1. The van der Waals surface area contributed by atoms with E-state index < -0.39 is 0 Å². The zero-order valence-corrected chi connectivity index (χ0v) is 7.39. The van der Waals surface area contributed by atoms with E-state index in [0.717, 1.165) is 19.5 Å². The number of hydrogen-bond acceptors (Lipinski definition) is 3. The molecule has 0 aliphatic carbocycles. The number of amides is 1. The fourth-order valence-electron chi connectivity index (χ4n) is 1.23. The Morgan fingerprint density at radius 3 is 3.00 bits per heavy atom. The lowest BCUT2D eigenvalue weighted by Crippen LogP contribution is -2.44. The lowest BCUT2D eigenvalue weighted by molar-refractivity contribution is -0.120. The fourth-order valence-corrected chi connectivity index (χ4v) is 1.23. The molecule has 0 aromatic rings. The number of nitrogens with two attached hydrogens (primary N) is 1. The molecule has 1 heterocycles. The molecule has 1 amide bonds. The SMILES string of the molecule is N=C(N)NCC(=O)N[C@H]1CCNC1. The predicted molar refractivity (Wildman–Crippen MR) is 49.3 cm³/mol. The molecule has 1 aliphatic heterocycles. The van der Waals surface area contributed by atoms with Gasteiger partial charge in [0.2, 0.25) is 5.91 Å². The summed E-state index contributed by atoms with van der Waals surface area (Å²) >= 11 is 0. The summed E-state index contributed by atoms with van der Waals surface area (Å²) in [6.07, 6.45) is 0.964. The molecule has 74 valence electrons. The molecule has 0 bridgehead atoms. The molecule has 0 saturated carbocycles. The van der Waals surface area contributed by atoms with Gasteiger partial charge < -0.3 is 21.7 Å². The van der Waals surface area contributed by atoms with Crippen molar-refractivity contribution in [2.24, 2.45) is 5.73 Å². The van der Waals surface area contributed by atoms with Crippen LogP contribution in [0, 0.1) is 5.41 Å². The van der Waals surface area contributed by atoms with Crippen LogP contribution in [0.15, 0.2) is 0 Å². The van der Waals surface area contributed by atoms with E-state index in [0.29, 0.717) is 0 Å².